The summed E-state index contributed by atoms with van der Waals surface area (Å²) in [5, 5.41) is 14.2. The maximum atomic E-state index is 13.8. The van der Waals surface area contributed by atoms with Gasteiger partial charge in [-0.3, -0.25) is 10.1 Å². The fourth-order valence-corrected chi connectivity index (χ4v) is 3.09. The smallest absolute Gasteiger partial charge is 0.293 e. The van der Waals surface area contributed by atoms with E-state index in [0.717, 1.165) is 6.07 Å². The van der Waals surface area contributed by atoms with E-state index in [1.807, 2.05) is 0 Å². The van der Waals surface area contributed by atoms with Crippen LogP contribution in [0, 0.1) is 15.9 Å². The van der Waals surface area contributed by atoms with Crippen LogP contribution in [0.1, 0.15) is 18.5 Å². The summed E-state index contributed by atoms with van der Waals surface area (Å²) < 4.78 is 44.4. The Bertz CT molecular complexity index is 933. The van der Waals surface area contributed by atoms with Crippen molar-refractivity contribution in [2.24, 2.45) is 0 Å². The van der Waals surface area contributed by atoms with Gasteiger partial charge in [0.15, 0.2) is 11.6 Å². The van der Waals surface area contributed by atoms with Crippen molar-refractivity contribution in [3.05, 3.63) is 57.9 Å². The van der Waals surface area contributed by atoms with E-state index < -0.39 is 32.5 Å². The molecule has 0 aliphatic heterocycles. The normalized spacial score (nSPS) is 12.5. The highest BCUT2D eigenvalue weighted by Crippen LogP contribution is 2.31. The number of methoxy groups -OCH3 is 1. The number of nitro groups is 1. The topological polar surface area (TPSA) is 111 Å². The van der Waals surface area contributed by atoms with E-state index in [2.05, 4.69) is 10.0 Å². The number of anilines is 1. The lowest BCUT2D eigenvalue weighted by atomic mass is 10.1. The minimum Gasteiger partial charge on any atom is -0.494 e. The fourth-order valence-electron chi connectivity index (χ4n) is 2.34. The fraction of sp³-hybridized carbons (Fsp3) is 0.250. The van der Waals surface area contributed by atoms with Crippen molar-refractivity contribution in [3.63, 3.8) is 0 Å². The second-order valence-corrected chi connectivity index (χ2v) is 7.29. The minimum atomic E-state index is -3.81. The van der Waals surface area contributed by atoms with E-state index >= 15 is 0 Å². The third kappa shape index (κ3) is 4.09. The van der Waals surface area contributed by atoms with Crippen molar-refractivity contribution < 1.29 is 22.5 Å². The number of ether oxygens (including phenoxy) is 1. The lowest BCUT2D eigenvalue weighted by Crippen LogP contribution is -2.19. The standard InChI is InChI=1S/C16H18FN3O5S/c1-10(11-4-7-16(25-3)13(17)8-11)19-14-6-5-12(26(23,24)18-2)9-15(14)20(21)22/h4-10,18-19H,1-3H3/t10-/m1/s1. The second kappa shape index (κ2) is 7.67. The largest absolute Gasteiger partial charge is 0.494 e. The molecular formula is C16H18FN3O5S. The molecule has 0 radical (unpaired) electrons. The molecule has 26 heavy (non-hydrogen) atoms. The van der Waals surface area contributed by atoms with Gasteiger partial charge in [0.05, 0.1) is 16.9 Å². The maximum absolute atomic E-state index is 13.8. The van der Waals surface area contributed by atoms with Crippen molar-refractivity contribution in [2.45, 2.75) is 17.9 Å². The van der Waals surface area contributed by atoms with Crippen LogP contribution in [0.15, 0.2) is 41.3 Å². The van der Waals surface area contributed by atoms with E-state index in [9.17, 15) is 22.9 Å². The van der Waals surface area contributed by atoms with Crippen LogP contribution in [0.4, 0.5) is 15.8 Å². The molecule has 0 aromatic heterocycles. The van der Waals surface area contributed by atoms with Gasteiger partial charge in [0, 0.05) is 12.1 Å². The molecule has 0 saturated carbocycles. The van der Waals surface area contributed by atoms with Crippen LogP contribution in [0.2, 0.25) is 0 Å². The molecule has 0 heterocycles. The Labute approximate surface area is 150 Å². The van der Waals surface area contributed by atoms with Crippen molar-refractivity contribution in [2.75, 3.05) is 19.5 Å². The Morgan fingerprint density at radius 1 is 1.23 bits per heavy atom. The molecule has 2 rings (SSSR count). The average molecular weight is 383 g/mol. The first kappa shape index (κ1) is 19.6. The number of nitrogens with zero attached hydrogens (tertiary/aromatic N) is 1. The summed E-state index contributed by atoms with van der Waals surface area (Å²) in [6.07, 6.45) is 0. The number of benzene rings is 2. The third-order valence-electron chi connectivity index (χ3n) is 3.79. The van der Waals surface area contributed by atoms with Gasteiger partial charge in [0.25, 0.3) is 5.69 Å². The Balaban J connectivity index is 2.36. The summed E-state index contributed by atoms with van der Waals surface area (Å²) in [5.74, 6) is -0.461. The van der Waals surface area contributed by atoms with Gasteiger partial charge >= 0.3 is 0 Å². The molecule has 2 aromatic carbocycles. The van der Waals surface area contributed by atoms with Crippen LogP contribution in [0.25, 0.3) is 0 Å². The molecule has 1 atom stereocenters. The Kier molecular flexibility index (Phi) is 5.78. The van der Waals surface area contributed by atoms with E-state index in [1.165, 1.54) is 38.4 Å². The number of rotatable bonds is 7. The zero-order valence-electron chi connectivity index (χ0n) is 14.3. The SMILES string of the molecule is CNS(=O)(=O)c1ccc(N[C@H](C)c2ccc(OC)c(F)c2)c([N+](=O)[O-])c1. The second-order valence-electron chi connectivity index (χ2n) is 5.40. The number of halogens is 1. The van der Waals surface area contributed by atoms with Gasteiger partial charge in [-0.05, 0) is 43.8 Å². The van der Waals surface area contributed by atoms with Crippen LogP contribution < -0.4 is 14.8 Å². The van der Waals surface area contributed by atoms with Gasteiger partial charge in [-0.25, -0.2) is 17.5 Å². The lowest BCUT2D eigenvalue weighted by Gasteiger charge is -2.17. The van der Waals surface area contributed by atoms with Gasteiger partial charge in [0.2, 0.25) is 10.0 Å². The number of nitro benzene ring substituents is 1. The molecule has 140 valence electrons. The van der Waals surface area contributed by atoms with Crippen molar-refractivity contribution in [1.29, 1.82) is 0 Å². The summed E-state index contributed by atoms with van der Waals surface area (Å²) >= 11 is 0. The quantitative estimate of drug-likeness (QED) is 0.562. The van der Waals surface area contributed by atoms with E-state index in [-0.39, 0.29) is 16.3 Å². The Hall–Kier alpha value is -2.72. The van der Waals surface area contributed by atoms with Gasteiger partial charge in [-0.1, -0.05) is 6.07 Å². The molecule has 10 heteroatoms. The van der Waals surface area contributed by atoms with Crippen molar-refractivity contribution in [3.8, 4) is 5.75 Å². The molecule has 0 saturated heterocycles. The first-order valence-corrected chi connectivity index (χ1v) is 9.00. The summed E-state index contributed by atoms with van der Waals surface area (Å²) in [6, 6.07) is 7.41. The molecule has 2 aromatic rings. The highest BCUT2D eigenvalue weighted by Gasteiger charge is 2.22. The molecule has 0 bridgehead atoms. The molecule has 8 nitrogen and oxygen atoms in total. The van der Waals surface area contributed by atoms with Gasteiger partial charge in [-0.2, -0.15) is 0 Å². The number of nitrogens with one attached hydrogen (secondary N) is 2. The maximum Gasteiger partial charge on any atom is 0.293 e. The first-order valence-electron chi connectivity index (χ1n) is 7.51. The number of sulfonamides is 1. The van der Waals surface area contributed by atoms with Crippen LogP contribution in [-0.2, 0) is 10.0 Å². The Morgan fingerprint density at radius 2 is 1.92 bits per heavy atom. The Morgan fingerprint density at radius 3 is 2.46 bits per heavy atom. The van der Waals surface area contributed by atoms with Crippen LogP contribution in [-0.4, -0.2) is 27.5 Å². The molecule has 0 spiro atoms. The lowest BCUT2D eigenvalue weighted by molar-refractivity contribution is -0.384. The van der Waals surface area contributed by atoms with Gasteiger partial charge < -0.3 is 10.1 Å². The summed E-state index contributed by atoms with van der Waals surface area (Å²) in [7, 11) is -1.24. The zero-order chi connectivity index (χ0) is 19.5. The monoisotopic (exact) mass is 383 g/mol. The molecule has 0 aliphatic carbocycles. The summed E-state index contributed by atoms with van der Waals surface area (Å²) in [6.45, 7) is 1.70. The van der Waals surface area contributed by atoms with Crippen molar-refractivity contribution >= 4 is 21.4 Å². The summed E-state index contributed by atoms with van der Waals surface area (Å²) in [5.41, 5.74) is 0.264. The first-order chi connectivity index (χ1) is 12.2. The molecule has 0 unspecified atom stereocenters. The van der Waals surface area contributed by atoms with Crippen molar-refractivity contribution in [1.82, 2.24) is 4.72 Å². The highest BCUT2D eigenvalue weighted by molar-refractivity contribution is 7.89. The zero-order valence-corrected chi connectivity index (χ0v) is 15.1. The third-order valence-corrected chi connectivity index (χ3v) is 5.20. The number of hydrogen-bond acceptors (Lipinski definition) is 6. The molecule has 0 amide bonds. The average Bonchev–Trinajstić information content (AvgIpc) is 2.61. The van der Waals surface area contributed by atoms with Crippen LogP contribution in [0.3, 0.4) is 0 Å². The van der Waals surface area contributed by atoms with Gasteiger partial charge in [0.1, 0.15) is 5.69 Å². The molecule has 0 fully saturated rings. The predicted octanol–water partition coefficient (Wildman–Crippen LogP) is 2.82. The highest BCUT2D eigenvalue weighted by atomic mass is 32.2. The van der Waals surface area contributed by atoms with Crippen LogP contribution in [0.5, 0.6) is 5.75 Å². The minimum absolute atomic E-state index is 0.0913. The summed E-state index contributed by atoms with van der Waals surface area (Å²) in [4.78, 5) is 10.4. The van der Waals surface area contributed by atoms with E-state index in [4.69, 9.17) is 4.74 Å². The van der Waals surface area contributed by atoms with Gasteiger partial charge in [-0.15, -0.1) is 0 Å². The number of hydrogen-bond donors (Lipinski definition) is 2. The molecule has 2 N–H and O–H groups in total. The molecule has 0 aliphatic rings. The van der Waals surface area contributed by atoms with E-state index in [0.29, 0.717) is 5.56 Å². The molecular weight excluding hydrogens is 365 g/mol. The van der Waals surface area contributed by atoms with E-state index in [1.54, 1.807) is 13.0 Å². The predicted molar refractivity (Wildman–Crippen MR) is 94.3 cm³/mol. The van der Waals surface area contributed by atoms with Crippen LogP contribution >= 0.6 is 0 Å².